The lowest BCUT2D eigenvalue weighted by molar-refractivity contribution is 0.0526. The zero-order chi connectivity index (χ0) is 17.8. The Morgan fingerprint density at radius 1 is 1.20 bits per heavy atom. The predicted octanol–water partition coefficient (Wildman–Crippen LogP) is 2.74. The lowest BCUT2D eigenvalue weighted by Crippen LogP contribution is -2.05. The van der Waals surface area contributed by atoms with Gasteiger partial charge in [0.15, 0.2) is 0 Å². The van der Waals surface area contributed by atoms with Gasteiger partial charge in [0, 0.05) is 22.6 Å². The molecular formula is C18H19N5O2. The number of hydrogen-bond donors (Lipinski definition) is 0. The predicted molar refractivity (Wildman–Crippen MR) is 94.2 cm³/mol. The summed E-state index contributed by atoms with van der Waals surface area (Å²) in [7, 11) is 0. The van der Waals surface area contributed by atoms with Crippen molar-refractivity contribution in [2.24, 2.45) is 5.10 Å². The molecule has 25 heavy (non-hydrogen) atoms. The van der Waals surface area contributed by atoms with Crippen LogP contribution in [0.4, 0.5) is 0 Å². The maximum absolute atomic E-state index is 11.8. The van der Waals surface area contributed by atoms with Crippen LogP contribution >= 0.6 is 0 Å². The van der Waals surface area contributed by atoms with Gasteiger partial charge in [-0.25, -0.2) is 9.47 Å². The molecule has 0 spiro atoms. The molecule has 2 aromatic heterocycles. The van der Waals surface area contributed by atoms with E-state index < -0.39 is 0 Å². The van der Waals surface area contributed by atoms with E-state index in [2.05, 4.69) is 25.9 Å². The number of rotatable bonds is 5. The first kappa shape index (κ1) is 16.6. The van der Waals surface area contributed by atoms with Crippen LogP contribution in [0, 0.1) is 13.8 Å². The first-order chi connectivity index (χ1) is 12.1. The first-order valence-electron chi connectivity index (χ1n) is 7.95. The maximum Gasteiger partial charge on any atom is 0.338 e. The Morgan fingerprint density at radius 3 is 2.52 bits per heavy atom. The SMILES string of the molecule is CCOC(=O)c1ccc(-n2c(C)cc(C=Nn3cnnc3)c2C)cc1. The lowest BCUT2D eigenvalue weighted by Gasteiger charge is -2.10. The molecule has 7 heteroatoms. The molecule has 0 bridgehead atoms. The average Bonchev–Trinajstić information content (AvgIpc) is 3.21. The molecule has 0 unspecified atom stereocenters. The van der Waals surface area contributed by atoms with Gasteiger partial charge in [-0.05, 0) is 51.1 Å². The molecule has 3 aromatic rings. The standard InChI is InChI=1S/C18H19N5O2/c1-4-25-18(24)15-5-7-17(8-6-15)23-13(2)9-16(14(23)3)10-21-22-11-19-20-12-22/h5-12H,4H2,1-3H3. The summed E-state index contributed by atoms with van der Waals surface area (Å²) in [6, 6.07) is 9.43. The van der Waals surface area contributed by atoms with Gasteiger partial charge in [-0.15, -0.1) is 10.2 Å². The molecule has 128 valence electrons. The number of carbonyl (C=O) groups is 1. The largest absolute Gasteiger partial charge is 0.462 e. The fourth-order valence-corrected chi connectivity index (χ4v) is 2.66. The third kappa shape index (κ3) is 3.50. The Morgan fingerprint density at radius 2 is 1.88 bits per heavy atom. The lowest BCUT2D eigenvalue weighted by atomic mass is 10.2. The zero-order valence-electron chi connectivity index (χ0n) is 14.4. The van der Waals surface area contributed by atoms with Crippen LogP contribution in [0.2, 0.25) is 0 Å². The van der Waals surface area contributed by atoms with Crippen molar-refractivity contribution in [3.8, 4) is 5.69 Å². The molecule has 0 aliphatic carbocycles. The van der Waals surface area contributed by atoms with Crippen LogP contribution < -0.4 is 0 Å². The van der Waals surface area contributed by atoms with Gasteiger partial charge in [0.2, 0.25) is 0 Å². The molecule has 0 fully saturated rings. The summed E-state index contributed by atoms with van der Waals surface area (Å²) in [4.78, 5) is 11.8. The van der Waals surface area contributed by atoms with E-state index in [0.717, 1.165) is 22.6 Å². The summed E-state index contributed by atoms with van der Waals surface area (Å²) in [5.41, 5.74) is 4.65. The van der Waals surface area contributed by atoms with Crippen molar-refractivity contribution in [2.75, 3.05) is 6.61 Å². The molecule has 0 amide bonds. The Kier molecular flexibility index (Phi) is 4.74. The van der Waals surface area contributed by atoms with Crippen LogP contribution in [0.3, 0.4) is 0 Å². The first-order valence-corrected chi connectivity index (χ1v) is 7.95. The van der Waals surface area contributed by atoms with Crippen LogP contribution in [-0.2, 0) is 4.74 Å². The second-order valence-corrected chi connectivity index (χ2v) is 5.52. The molecule has 0 aliphatic rings. The van der Waals surface area contributed by atoms with Crippen LogP contribution in [0.1, 0.15) is 34.2 Å². The number of benzene rings is 1. The van der Waals surface area contributed by atoms with Gasteiger partial charge in [-0.3, -0.25) is 0 Å². The molecule has 0 saturated heterocycles. The number of ether oxygens (including phenoxy) is 1. The summed E-state index contributed by atoms with van der Waals surface area (Å²) in [6.07, 6.45) is 4.84. The monoisotopic (exact) mass is 337 g/mol. The van der Waals surface area contributed by atoms with Crippen molar-refractivity contribution in [2.45, 2.75) is 20.8 Å². The molecule has 2 heterocycles. The third-order valence-corrected chi connectivity index (χ3v) is 3.84. The Balaban J connectivity index is 1.89. The molecule has 7 nitrogen and oxygen atoms in total. The van der Waals surface area contributed by atoms with Crippen LogP contribution in [0.15, 0.2) is 48.1 Å². The van der Waals surface area contributed by atoms with E-state index >= 15 is 0 Å². The van der Waals surface area contributed by atoms with Gasteiger partial charge < -0.3 is 9.30 Å². The molecule has 1 aromatic carbocycles. The number of esters is 1. The molecule has 0 aliphatic heterocycles. The van der Waals surface area contributed by atoms with E-state index in [0.29, 0.717) is 12.2 Å². The molecule has 0 saturated carbocycles. The number of aromatic nitrogens is 4. The molecular weight excluding hydrogens is 318 g/mol. The summed E-state index contributed by atoms with van der Waals surface area (Å²) >= 11 is 0. The van der Waals surface area contributed by atoms with Crippen molar-refractivity contribution >= 4 is 12.2 Å². The highest BCUT2D eigenvalue weighted by Crippen LogP contribution is 2.20. The maximum atomic E-state index is 11.8. The normalized spacial score (nSPS) is 11.2. The number of aryl methyl sites for hydroxylation is 1. The van der Waals surface area contributed by atoms with Crippen molar-refractivity contribution in [1.29, 1.82) is 0 Å². The minimum absolute atomic E-state index is 0.309. The van der Waals surface area contributed by atoms with E-state index in [1.54, 1.807) is 29.9 Å². The number of hydrogen-bond acceptors (Lipinski definition) is 5. The Hall–Kier alpha value is -3.22. The summed E-state index contributed by atoms with van der Waals surface area (Å²) in [5, 5.41) is 11.7. The zero-order valence-corrected chi connectivity index (χ0v) is 14.4. The number of carbonyl (C=O) groups excluding carboxylic acids is 1. The van der Waals surface area contributed by atoms with Crippen LogP contribution in [0.5, 0.6) is 0 Å². The highest BCUT2D eigenvalue weighted by molar-refractivity contribution is 5.89. The summed E-state index contributed by atoms with van der Waals surface area (Å²) in [6.45, 7) is 6.22. The minimum Gasteiger partial charge on any atom is -0.462 e. The van der Waals surface area contributed by atoms with E-state index in [9.17, 15) is 4.79 Å². The topological polar surface area (TPSA) is 74.3 Å². The van der Waals surface area contributed by atoms with Crippen molar-refractivity contribution in [1.82, 2.24) is 19.4 Å². The second-order valence-electron chi connectivity index (χ2n) is 5.52. The summed E-state index contributed by atoms with van der Waals surface area (Å²) < 4.78 is 8.67. The average molecular weight is 337 g/mol. The Bertz CT molecular complexity index is 892. The minimum atomic E-state index is -0.309. The molecule has 0 N–H and O–H groups in total. The highest BCUT2D eigenvalue weighted by Gasteiger charge is 2.11. The van der Waals surface area contributed by atoms with Gasteiger partial charge in [0.1, 0.15) is 12.7 Å². The van der Waals surface area contributed by atoms with Crippen LogP contribution in [-0.4, -0.2) is 38.2 Å². The van der Waals surface area contributed by atoms with Gasteiger partial charge in [0.05, 0.1) is 18.4 Å². The van der Waals surface area contributed by atoms with Gasteiger partial charge in [-0.1, -0.05) is 0 Å². The quantitative estimate of drug-likeness (QED) is 0.530. The Labute approximate surface area is 145 Å². The molecule has 0 radical (unpaired) electrons. The van der Waals surface area contributed by atoms with Gasteiger partial charge >= 0.3 is 5.97 Å². The van der Waals surface area contributed by atoms with E-state index in [4.69, 9.17) is 4.74 Å². The van der Waals surface area contributed by atoms with E-state index in [-0.39, 0.29) is 5.97 Å². The fourth-order valence-electron chi connectivity index (χ4n) is 2.66. The molecule has 3 rings (SSSR count). The van der Waals surface area contributed by atoms with Gasteiger partial charge in [-0.2, -0.15) is 5.10 Å². The van der Waals surface area contributed by atoms with Crippen molar-refractivity contribution in [3.05, 3.63) is 65.5 Å². The third-order valence-electron chi connectivity index (χ3n) is 3.84. The van der Waals surface area contributed by atoms with E-state index in [1.165, 1.54) is 12.7 Å². The fraction of sp³-hybridized carbons (Fsp3) is 0.222. The molecule has 0 atom stereocenters. The van der Waals surface area contributed by atoms with Crippen LogP contribution in [0.25, 0.3) is 5.69 Å². The van der Waals surface area contributed by atoms with Crippen molar-refractivity contribution < 1.29 is 9.53 Å². The van der Waals surface area contributed by atoms with Crippen molar-refractivity contribution in [3.63, 3.8) is 0 Å². The highest BCUT2D eigenvalue weighted by atomic mass is 16.5. The van der Waals surface area contributed by atoms with E-state index in [1.807, 2.05) is 26.0 Å². The number of nitrogens with zero attached hydrogens (tertiary/aromatic N) is 5. The smallest absolute Gasteiger partial charge is 0.338 e. The summed E-state index contributed by atoms with van der Waals surface area (Å²) in [5.74, 6) is -0.309. The second kappa shape index (κ2) is 7.12. The van der Waals surface area contributed by atoms with Gasteiger partial charge in [0.25, 0.3) is 0 Å².